The summed E-state index contributed by atoms with van der Waals surface area (Å²) in [6.07, 6.45) is 1.40. The zero-order chi connectivity index (χ0) is 20.5. The Kier molecular flexibility index (Phi) is 7.46. The fourth-order valence-electron chi connectivity index (χ4n) is 3.41. The SMILES string of the molecule is CC(C)Oc1ccc([C@@H](CC(=O)NCCc2ccccc2)c2ccccc2)cc1. The van der Waals surface area contributed by atoms with Gasteiger partial charge in [-0.3, -0.25) is 4.79 Å². The number of amides is 1. The van der Waals surface area contributed by atoms with Crippen molar-refractivity contribution < 1.29 is 9.53 Å². The summed E-state index contributed by atoms with van der Waals surface area (Å²) >= 11 is 0. The fourth-order valence-corrected chi connectivity index (χ4v) is 3.41. The number of rotatable bonds is 9. The monoisotopic (exact) mass is 387 g/mol. The molecule has 0 fully saturated rings. The van der Waals surface area contributed by atoms with Crippen LogP contribution in [0.4, 0.5) is 0 Å². The number of benzene rings is 3. The van der Waals surface area contributed by atoms with E-state index in [2.05, 4.69) is 41.7 Å². The maximum absolute atomic E-state index is 12.7. The van der Waals surface area contributed by atoms with Crippen molar-refractivity contribution >= 4 is 5.91 Å². The molecule has 0 heterocycles. The van der Waals surface area contributed by atoms with Gasteiger partial charge in [-0.05, 0) is 49.1 Å². The molecule has 0 aromatic heterocycles. The summed E-state index contributed by atoms with van der Waals surface area (Å²) in [6, 6.07) is 28.5. The van der Waals surface area contributed by atoms with Crippen LogP contribution in [0.5, 0.6) is 5.75 Å². The van der Waals surface area contributed by atoms with Crippen molar-refractivity contribution in [1.82, 2.24) is 5.32 Å². The Bertz CT molecular complexity index is 874. The zero-order valence-electron chi connectivity index (χ0n) is 17.2. The summed E-state index contributed by atoms with van der Waals surface area (Å²) in [6.45, 7) is 4.67. The van der Waals surface area contributed by atoms with E-state index in [1.165, 1.54) is 5.56 Å². The lowest BCUT2D eigenvalue weighted by Crippen LogP contribution is -2.27. The van der Waals surface area contributed by atoms with Crippen molar-refractivity contribution in [2.24, 2.45) is 0 Å². The number of carbonyl (C=O) groups is 1. The van der Waals surface area contributed by atoms with E-state index in [4.69, 9.17) is 4.74 Å². The minimum Gasteiger partial charge on any atom is -0.491 e. The van der Waals surface area contributed by atoms with Gasteiger partial charge in [0.2, 0.25) is 5.91 Å². The van der Waals surface area contributed by atoms with Crippen molar-refractivity contribution in [3.63, 3.8) is 0 Å². The largest absolute Gasteiger partial charge is 0.491 e. The first-order valence-corrected chi connectivity index (χ1v) is 10.2. The summed E-state index contributed by atoms with van der Waals surface area (Å²) in [5.74, 6) is 0.932. The highest BCUT2D eigenvalue weighted by Crippen LogP contribution is 2.29. The van der Waals surface area contributed by atoms with Gasteiger partial charge in [0.25, 0.3) is 0 Å². The first kappa shape index (κ1) is 20.7. The van der Waals surface area contributed by atoms with Crippen LogP contribution in [-0.2, 0) is 11.2 Å². The van der Waals surface area contributed by atoms with E-state index >= 15 is 0 Å². The Morgan fingerprint density at radius 1 is 0.828 bits per heavy atom. The smallest absolute Gasteiger partial charge is 0.220 e. The molecule has 3 aromatic rings. The molecule has 0 unspecified atom stereocenters. The van der Waals surface area contributed by atoms with Gasteiger partial charge in [-0.15, -0.1) is 0 Å². The molecule has 3 heteroatoms. The molecule has 1 atom stereocenters. The van der Waals surface area contributed by atoms with Crippen molar-refractivity contribution in [3.8, 4) is 5.75 Å². The van der Waals surface area contributed by atoms with Crippen molar-refractivity contribution in [1.29, 1.82) is 0 Å². The molecule has 1 amide bonds. The van der Waals surface area contributed by atoms with Gasteiger partial charge in [0, 0.05) is 18.9 Å². The average Bonchev–Trinajstić information content (AvgIpc) is 2.74. The number of ether oxygens (including phenoxy) is 1. The lowest BCUT2D eigenvalue weighted by molar-refractivity contribution is -0.121. The first-order valence-electron chi connectivity index (χ1n) is 10.2. The fraction of sp³-hybridized carbons (Fsp3) is 0.269. The van der Waals surface area contributed by atoms with Gasteiger partial charge in [-0.1, -0.05) is 72.8 Å². The molecule has 3 aromatic carbocycles. The van der Waals surface area contributed by atoms with Crippen LogP contribution >= 0.6 is 0 Å². The zero-order valence-corrected chi connectivity index (χ0v) is 17.2. The maximum Gasteiger partial charge on any atom is 0.220 e. The number of nitrogens with one attached hydrogen (secondary N) is 1. The first-order chi connectivity index (χ1) is 14.1. The molecule has 29 heavy (non-hydrogen) atoms. The highest BCUT2D eigenvalue weighted by molar-refractivity contribution is 5.77. The molecule has 0 aliphatic carbocycles. The van der Waals surface area contributed by atoms with Gasteiger partial charge in [-0.2, -0.15) is 0 Å². The minimum absolute atomic E-state index is 0.0148. The van der Waals surface area contributed by atoms with Crippen molar-refractivity contribution in [2.45, 2.75) is 38.7 Å². The van der Waals surface area contributed by atoms with E-state index in [9.17, 15) is 4.79 Å². The summed E-state index contributed by atoms with van der Waals surface area (Å²) in [7, 11) is 0. The molecule has 3 rings (SSSR count). The summed E-state index contributed by atoms with van der Waals surface area (Å²) in [5.41, 5.74) is 3.49. The highest BCUT2D eigenvalue weighted by Gasteiger charge is 2.18. The van der Waals surface area contributed by atoms with Gasteiger partial charge in [0.15, 0.2) is 0 Å². The lowest BCUT2D eigenvalue weighted by atomic mass is 9.88. The number of hydrogen-bond acceptors (Lipinski definition) is 2. The quantitative estimate of drug-likeness (QED) is 0.537. The van der Waals surface area contributed by atoms with Gasteiger partial charge in [0.1, 0.15) is 5.75 Å². The molecule has 0 radical (unpaired) electrons. The van der Waals surface area contributed by atoms with Gasteiger partial charge in [-0.25, -0.2) is 0 Å². The van der Waals surface area contributed by atoms with Gasteiger partial charge in [0.05, 0.1) is 6.10 Å². The molecule has 3 nitrogen and oxygen atoms in total. The van der Waals surface area contributed by atoms with Crippen LogP contribution < -0.4 is 10.1 Å². The van der Waals surface area contributed by atoms with Crippen molar-refractivity contribution in [3.05, 3.63) is 102 Å². The molecule has 0 aliphatic rings. The van der Waals surface area contributed by atoms with Crippen LogP contribution in [0.3, 0.4) is 0 Å². The van der Waals surface area contributed by atoms with E-state index in [1.54, 1.807) is 0 Å². The number of hydrogen-bond donors (Lipinski definition) is 1. The Balaban J connectivity index is 1.66. The standard InChI is InChI=1S/C26H29NO2/c1-20(2)29-24-15-13-23(14-16-24)25(22-11-7-4-8-12-22)19-26(28)27-18-17-21-9-5-3-6-10-21/h3-16,20,25H,17-19H2,1-2H3,(H,27,28)/t25-/m0/s1. The highest BCUT2D eigenvalue weighted by atomic mass is 16.5. The molecule has 0 bridgehead atoms. The topological polar surface area (TPSA) is 38.3 Å². The maximum atomic E-state index is 12.7. The van der Waals surface area contributed by atoms with Crippen LogP contribution in [0.25, 0.3) is 0 Å². The Hall–Kier alpha value is -3.07. The molecule has 150 valence electrons. The van der Waals surface area contributed by atoms with Gasteiger partial charge < -0.3 is 10.1 Å². The summed E-state index contributed by atoms with van der Waals surface area (Å²) in [4.78, 5) is 12.7. The van der Waals surface area contributed by atoms with Crippen LogP contribution in [0, 0.1) is 0 Å². The second-order valence-electron chi connectivity index (χ2n) is 7.49. The van der Waals surface area contributed by atoms with E-state index < -0.39 is 0 Å². The third-order valence-corrected chi connectivity index (χ3v) is 4.82. The molecule has 0 aliphatic heterocycles. The normalized spacial score (nSPS) is 11.8. The second-order valence-corrected chi connectivity index (χ2v) is 7.49. The predicted octanol–water partition coefficient (Wildman–Crippen LogP) is 5.35. The lowest BCUT2D eigenvalue weighted by Gasteiger charge is -2.19. The minimum atomic E-state index is 0.0148. The third kappa shape index (κ3) is 6.49. The van der Waals surface area contributed by atoms with Crippen LogP contribution in [0.1, 0.15) is 42.9 Å². The van der Waals surface area contributed by atoms with Gasteiger partial charge >= 0.3 is 0 Å². The molecule has 1 N–H and O–H groups in total. The summed E-state index contributed by atoms with van der Waals surface area (Å²) in [5, 5.41) is 3.07. The predicted molar refractivity (Wildman–Crippen MR) is 118 cm³/mol. The molecular formula is C26H29NO2. The Labute approximate surface area is 173 Å². The van der Waals surface area contributed by atoms with E-state index in [1.807, 2.05) is 62.4 Å². The van der Waals surface area contributed by atoms with Crippen molar-refractivity contribution in [2.75, 3.05) is 6.54 Å². The van der Waals surface area contributed by atoms with E-state index in [0.717, 1.165) is 23.3 Å². The molecule has 0 saturated carbocycles. The molecule has 0 spiro atoms. The molecular weight excluding hydrogens is 358 g/mol. The van der Waals surface area contributed by atoms with Crippen LogP contribution in [0.2, 0.25) is 0 Å². The number of carbonyl (C=O) groups excluding carboxylic acids is 1. The van der Waals surface area contributed by atoms with Crippen LogP contribution in [-0.4, -0.2) is 18.6 Å². The average molecular weight is 388 g/mol. The van der Waals surface area contributed by atoms with E-state index in [-0.39, 0.29) is 17.9 Å². The molecule has 0 saturated heterocycles. The summed E-state index contributed by atoms with van der Waals surface area (Å²) < 4.78 is 5.75. The van der Waals surface area contributed by atoms with Crippen LogP contribution in [0.15, 0.2) is 84.9 Å². The Morgan fingerprint density at radius 3 is 2.03 bits per heavy atom. The third-order valence-electron chi connectivity index (χ3n) is 4.82. The van der Waals surface area contributed by atoms with E-state index in [0.29, 0.717) is 13.0 Å². The second kappa shape index (κ2) is 10.5. The Morgan fingerprint density at radius 2 is 1.41 bits per heavy atom.